The summed E-state index contributed by atoms with van der Waals surface area (Å²) in [4.78, 5) is 0. The highest BCUT2D eigenvalue weighted by atomic mass is 14.8. The van der Waals surface area contributed by atoms with Crippen LogP contribution in [-0.2, 0) is 0 Å². The van der Waals surface area contributed by atoms with Gasteiger partial charge in [-0.1, -0.05) is 20.8 Å². The van der Waals surface area contributed by atoms with Gasteiger partial charge in [0.05, 0.1) is 0 Å². The Morgan fingerprint density at radius 2 is 2.00 bits per heavy atom. The normalized spacial score (nSPS) is 14.9. The highest BCUT2D eigenvalue weighted by Gasteiger charge is 2.10. The highest BCUT2D eigenvalue weighted by Crippen LogP contribution is 2.15. The molecule has 0 heterocycles. The predicted octanol–water partition coefficient (Wildman–Crippen LogP) is 2.67. The van der Waals surface area contributed by atoms with Crippen LogP contribution in [0.3, 0.4) is 0 Å². The van der Waals surface area contributed by atoms with Gasteiger partial charge in [0, 0.05) is 6.42 Å². The minimum atomic E-state index is 0.736. The molecule has 0 aromatic rings. The second kappa shape index (κ2) is 8.13. The number of terminal acetylenes is 1. The van der Waals surface area contributed by atoms with Crippen molar-refractivity contribution in [1.82, 2.24) is 5.32 Å². The van der Waals surface area contributed by atoms with E-state index in [0.717, 1.165) is 37.8 Å². The van der Waals surface area contributed by atoms with Crippen LogP contribution in [0.5, 0.6) is 0 Å². The lowest BCUT2D eigenvalue weighted by molar-refractivity contribution is 0.351. The van der Waals surface area contributed by atoms with Gasteiger partial charge in [-0.3, -0.25) is 0 Å². The zero-order valence-electron chi connectivity index (χ0n) is 9.27. The monoisotopic (exact) mass is 181 g/mol. The summed E-state index contributed by atoms with van der Waals surface area (Å²) in [6.45, 7) is 9.03. The number of hydrogen-bond acceptors (Lipinski definition) is 1. The molecule has 0 rings (SSSR count). The standard InChI is InChI=1S/C12H23N/c1-5-7-8-11(3)12(4)10-13-9-6-2/h1,11-13H,6-10H2,2-4H3. The average molecular weight is 181 g/mol. The molecule has 13 heavy (non-hydrogen) atoms. The van der Waals surface area contributed by atoms with E-state index in [2.05, 4.69) is 32.0 Å². The van der Waals surface area contributed by atoms with Crippen LogP contribution in [0.1, 0.15) is 40.0 Å². The first-order chi connectivity index (χ1) is 6.22. The molecule has 0 aliphatic heterocycles. The fourth-order valence-corrected chi connectivity index (χ4v) is 1.30. The van der Waals surface area contributed by atoms with Crippen molar-refractivity contribution in [2.24, 2.45) is 11.8 Å². The molecule has 1 nitrogen and oxygen atoms in total. The van der Waals surface area contributed by atoms with Crippen molar-refractivity contribution in [1.29, 1.82) is 0 Å². The Hall–Kier alpha value is -0.480. The third-order valence-electron chi connectivity index (χ3n) is 2.61. The molecule has 0 aliphatic rings. The maximum absolute atomic E-state index is 5.23. The van der Waals surface area contributed by atoms with E-state index in [9.17, 15) is 0 Å². The summed E-state index contributed by atoms with van der Waals surface area (Å²) in [5.41, 5.74) is 0. The molecule has 0 saturated heterocycles. The Bertz CT molecular complexity index is 146. The van der Waals surface area contributed by atoms with Gasteiger partial charge < -0.3 is 5.32 Å². The van der Waals surface area contributed by atoms with Gasteiger partial charge in [-0.15, -0.1) is 12.3 Å². The lowest BCUT2D eigenvalue weighted by atomic mass is 9.91. The van der Waals surface area contributed by atoms with Crippen LogP contribution >= 0.6 is 0 Å². The van der Waals surface area contributed by atoms with Crippen molar-refractivity contribution in [3.63, 3.8) is 0 Å². The molecular weight excluding hydrogens is 158 g/mol. The van der Waals surface area contributed by atoms with Gasteiger partial charge >= 0.3 is 0 Å². The molecule has 1 N–H and O–H groups in total. The molecule has 0 aromatic carbocycles. The molecule has 0 bridgehead atoms. The molecule has 1 heteroatoms. The van der Waals surface area contributed by atoms with Crippen molar-refractivity contribution in [3.8, 4) is 12.3 Å². The molecule has 0 spiro atoms. The van der Waals surface area contributed by atoms with E-state index in [-0.39, 0.29) is 0 Å². The summed E-state index contributed by atoms with van der Waals surface area (Å²) in [5.74, 6) is 4.17. The minimum Gasteiger partial charge on any atom is -0.316 e. The molecule has 0 aromatic heterocycles. The molecule has 0 saturated carbocycles. The zero-order valence-corrected chi connectivity index (χ0v) is 9.27. The van der Waals surface area contributed by atoms with E-state index in [1.54, 1.807) is 0 Å². The van der Waals surface area contributed by atoms with Crippen LogP contribution < -0.4 is 5.32 Å². The molecular formula is C12H23N. The van der Waals surface area contributed by atoms with E-state index >= 15 is 0 Å². The summed E-state index contributed by atoms with van der Waals surface area (Å²) in [6.07, 6.45) is 8.52. The molecule has 2 unspecified atom stereocenters. The van der Waals surface area contributed by atoms with Crippen molar-refractivity contribution in [3.05, 3.63) is 0 Å². The number of rotatable bonds is 7. The summed E-state index contributed by atoms with van der Waals surface area (Å²) in [6, 6.07) is 0. The van der Waals surface area contributed by atoms with E-state index in [1.807, 2.05) is 0 Å². The summed E-state index contributed by atoms with van der Waals surface area (Å²) in [5, 5.41) is 3.44. The second-order valence-electron chi connectivity index (χ2n) is 3.90. The van der Waals surface area contributed by atoms with Crippen LogP contribution in [0.15, 0.2) is 0 Å². The van der Waals surface area contributed by atoms with Gasteiger partial charge in [0.1, 0.15) is 0 Å². The highest BCUT2D eigenvalue weighted by molar-refractivity contribution is 4.84. The SMILES string of the molecule is C#CCCC(C)C(C)CNCCC. The van der Waals surface area contributed by atoms with Gasteiger partial charge in [-0.05, 0) is 37.8 Å². The molecule has 2 atom stereocenters. The molecule has 0 aliphatic carbocycles. The Balaban J connectivity index is 3.45. The minimum absolute atomic E-state index is 0.736. The molecule has 76 valence electrons. The maximum atomic E-state index is 5.23. The van der Waals surface area contributed by atoms with Crippen LogP contribution in [0.4, 0.5) is 0 Å². The smallest absolute Gasteiger partial charge is 0.00887 e. The van der Waals surface area contributed by atoms with Crippen molar-refractivity contribution in [2.75, 3.05) is 13.1 Å². The van der Waals surface area contributed by atoms with Crippen LogP contribution in [0.2, 0.25) is 0 Å². The van der Waals surface area contributed by atoms with Gasteiger partial charge in [0.25, 0.3) is 0 Å². The van der Waals surface area contributed by atoms with Gasteiger partial charge in [0.2, 0.25) is 0 Å². The largest absolute Gasteiger partial charge is 0.316 e. The lowest BCUT2D eigenvalue weighted by Gasteiger charge is -2.19. The quantitative estimate of drug-likeness (QED) is 0.470. The van der Waals surface area contributed by atoms with Gasteiger partial charge in [-0.2, -0.15) is 0 Å². The number of hydrogen-bond donors (Lipinski definition) is 1. The first-order valence-corrected chi connectivity index (χ1v) is 5.36. The van der Waals surface area contributed by atoms with Crippen molar-refractivity contribution < 1.29 is 0 Å². The van der Waals surface area contributed by atoms with E-state index < -0.39 is 0 Å². The number of nitrogens with one attached hydrogen (secondary N) is 1. The molecule has 0 amide bonds. The second-order valence-corrected chi connectivity index (χ2v) is 3.90. The first kappa shape index (κ1) is 12.5. The van der Waals surface area contributed by atoms with Crippen molar-refractivity contribution in [2.45, 2.75) is 40.0 Å². The summed E-state index contributed by atoms with van der Waals surface area (Å²) in [7, 11) is 0. The van der Waals surface area contributed by atoms with Crippen LogP contribution in [0, 0.1) is 24.2 Å². The fourth-order valence-electron chi connectivity index (χ4n) is 1.30. The summed E-state index contributed by atoms with van der Waals surface area (Å²) < 4.78 is 0. The average Bonchev–Trinajstić information content (AvgIpc) is 2.14. The summed E-state index contributed by atoms with van der Waals surface area (Å²) >= 11 is 0. The Morgan fingerprint density at radius 3 is 2.54 bits per heavy atom. The van der Waals surface area contributed by atoms with Crippen LogP contribution in [0.25, 0.3) is 0 Å². The Labute approximate surface area is 83.3 Å². The molecule has 0 radical (unpaired) electrons. The van der Waals surface area contributed by atoms with E-state index in [0.29, 0.717) is 0 Å². The van der Waals surface area contributed by atoms with E-state index in [1.165, 1.54) is 6.42 Å². The zero-order chi connectivity index (χ0) is 10.1. The third kappa shape index (κ3) is 6.66. The van der Waals surface area contributed by atoms with Crippen LogP contribution in [-0.4, -0.2) is 13.1 Å². The first-order valence-electron chi connectivity index (χ1n) is 5.36. The topological polar surface area (TPSA) is 12.0 Å². The van der Waals surface area contributed by atoms with Gasteiger partial charge in [-0.25, -0.2) is 0 Å². The Kier molecular flexibility index (Phi) is 7.83. The lowest BCUT2D eigenvalue weighted by Crippen LogP contribution is -2.25. The predicted molar refractivity (Wildman–Crippen MR) is 59.6 cm³/mol. The Morgan fingerprint density at radius 1 is 1.31 bits per heavy atom. The van der Waals surface area contributed by atoms with Gasteiger partial charge in [0.15, 0.2) is 0 Å². The fraction of sp³-hybridized carbons (Fsp3) is 0.833. The van der Waals surface area contributed by atoms with E-state index in [4.69, 9.17) is 6.42 Å². The molecule has 0 fully saturated rings. The van der Waals surface area contributed by atoms with Crippen molar-refractivity contribution >= 4 is 0 Å². The maximum Gasteiger partial charge on any atom is 0.00887 e. The third-order valence-corrected chi connectivity index (χ3v) is 2.61.